The first-order valence-corrected chi connectivity index (χ1v) is 12.0. The lowest BCUT2D eigenvalue weighted by molar-refractivity contribution is 0.0746. The van der Waals surface area contributed by atoms with Crippen LogP contribution in [0.4, 0.5) is 11.8 Å². The molecule has 0 unspecified atom stereocenters. The zero-order chi connectivity index (χ0) is 22.3. The Bertz CT molecular complexity index is 888. The molecular formula is C25H35N5O2. The predicted molar refractivity (Wildman–Crippen MR) is 128 cm³/mol. The van der Waals surface area contributed by atoms with Gasteiger partial charge in [0.25, 0.3) is 5.91 Å². The highest BCUT2D eigenvalue weighted by atomic mass is 16.5. The first-order chi connectivity index (χ1) is 15.6. The molecular weight excluding hydrogens is 402 g/mol. The summed E-state index contributed by atoms with van der Waals surface area (Å²) < 4.78 is 5.70. The first-order valence-electron chi connectivity index (χ1n) is 12.0. The number of amides is 1. The largest absolute Gasteiger partial charge is 0.494 e. The van der Waals surface area contributed by atoms with Crippen molar-refractivity contribution in [3.05, 3.63) is 41.6 Å². The Hall–Kier alpha value is -2.83. The van der Waals surface area contributed by atoms with Crippen molar-refractivity contribution in [2.45, 2.75) is 46.0 Å². The molecule has 32 heavy (non-hydrogen) atoms. The Kier molecular flexibility index (Phi) is 7.45. The number of ether oxygens (including phenoxy) is 1. The molecule has 2 fully saturated rings. The van der Waals surface area contributed by atoms with Gasteiger partial charge in [0.2, 0.25) is 5.95 Å². The Balaban J connectivity index is 1.34. The van der Waals surface area contributed by atoms with Gasteiger partial charge in [0, 0.05) is 56.6 Å². The lowest BCUT2D eigenvalue weighted by Gasteiger charge is -2.35. The molecule has 3 heterocycles. The van der Waals surface area contributed by atoms with Crippen LogP contribution < -0.4 is 14.5 Å². The summed E-state index contributed by atoms with van der Waals surface area (Å²) in [6.45, 7) is 9.86. The number of hydrogen-bond acceptors (Lipinski definition) is 6. The molecule has 1 aromatic carbocycles. The molecule has 2 aliphatic rings. The summed E-state index contributed by atoms with van der Waals surface area (Å²) in [6.07, 6.45) is 5.90. The van der Waals surface area contributed by atoms with Crippen LogP contribution in [0, 0.1) is 6.92 Å². The minimum atomic E-state index is 0.0731. The van der Waals surface area contributed by atoms with Crippen molar-refractivity contribution in [3.63, 3.8) is 0 Å². The number of hydrogen-bond donors (Lipinski definition) is 0. The van der Waals surface area contributed by atoms with Crippen LogP contribution in [0.5, 0.6) is 5.75 Å². The van der Waals surface area contributed by atoms with E-state index in [1.54, 1.807) is 0 Å². The monoisotopic (exact) mass is 437 g/mol. The quantitative estimate of drug-likeness (QED) is 0.612. The summed E-state index contributed by atoms with van der Waals surface area (Å²) in [4.78, 5) is 29.0. The van der Waals surface area contributed by atoms with Gasteiger partial charge < -0.3 is 19.4 Å². The zero-order valence-corrected chi connectivity index (χ0v) is 19.4. The Morgan fingerprint density at radius 2 is 1.66 bits per heavy atom. The van der Waals surface area contributed by atoms with Crippen LogP contribution >= 0.6 is 0 Å². The van der Waals surface area contributed by atoms with Crippen LogP contribution in [0.15, 0.2) is 30.3 Å². The fraction of sp³-hybridized carbons (Fsp3) is 0.560. The molecule has 0 radical (unpaired) electrons. The number of anilines is 2. The van der Waals surface area contributed by atoms with E-state index in [-0.39, 0.29) is 5.91 Å². The molecule has 7 nitrogen and oxygen atoms in total. The molecule has 2 aliphatic heterocycles. The zero-order valence-electron chi connectivity index (χ0n) is 19.4. The molecule has 2 saturated heterocycles. The van der Waals surface area contributed by atoms with Crippen molar-refractivity contribution in [3.8, 4) is 5.75 Å². The fourth-order valence-corrected chi connectivity index (χ4v) is 4.28. The summed E-state index contributed by atoms with van der Waals surface area (Å²) >= 11 is 0. The predicted octanol–water partition coefficient (Wildman–Crippen LogP) is 3.92. The van der Waals surface area contributed by atoms with Crippen LogP contribution in [0.25, 0.3) is 0 Å². The molecule has 1 amide bonds. The highest BCUT2D eigenvalue weighted by Crippen LogP contribution is 2.22. The van der Waals surface area contributed by atoms with E-state index in [0.29, 0.717) is 25.3 Å². The average molecular weight is 438 g/mol. The highest BCUT2D eigenvalue weighted by molar-refractivity contribution is 5.94. The van der Waals surface area contributed by atoms with E-state index in [9.17, 15) is 4.79 Å². The van der Waals surface area contributed by atoms with E-state index < -0.39 is 0 Å². The van der Waals surface area contributed by atoms with Gasteiger partial charge in [0.05, 0.1) is 6.61 Å². The number of carbonyl (C=O) groups is 1. The summed E-state index contributed by atoms with van der Waals surface area (Å²) in [6, 6.07) is 9.60. The lowest BCUT2D eigenvalue weighted by Crippen LogP contribution is -2.49. The number of carbonyl (C=O) groups excluding carboxylic acids is 1. The molecule has 4 rings (SSSR count). The van der Waals surface area contributed by atoms with Crippen LogP contribution in [0.2, 0.25) is 0 Å². The van der Waals surface area contributed by atoms with E-state index in [1.807, 2.05) is 36.1 Å². The number of piperidine rings is 1. The molecule has 0 aliphatic carbocycles. The lowest BCUT2D eigenvalue weighted by atomic mass is 10.1. The third kappa shape index (κ3) is 5.50. The molecule has 1 aromatic heterocycles. The third-order valence-electron chi connectivity index (χ3n) is 6.23. The average Bonchev–Trinajstić information content (AvgIpc) is 2.84. The SMILES string of the molecule is CCCCOc1ccc(C(=O)N2CCN(c3nc(C)cc(N4CCCCC4)n3)CC2)cc1. The van der Waals surface area contributed by atoms with Crippen LogP contribution in [-0.4, -0.2) is 66.7 Å². The van der Waals surface area contributed by atoms with Crippen molar-refractivity contribution < 1.29 is 9.53 Å². The standard InChI is InChI=1S/C25H35N5O2/c1-3-4-18-32-22-10-8-21(9-11-22)24(31)29-14-16-30(17-15-29)25-26-20(2)19-23(27-25)28-12-6-5-7-13-28/h8-11,19H,3-7,12-18H2,1-2H3. The van der Waals surface area contributed by atoms with E-state index in [4.69, 9.17) is 14.7 Å². The van der Waals surface area contributed by atoms with Gasteiger partial charge in [-0.25, -0.2) is 4.98 Å². The Morgan fingerprint density at radius 1 is 0.938 bits per heavy atom. The molecule has 172 valence electrons. The second kappa shape index (κ2) is 10.7. The number of nitrogens with zero attached hydrogens (tertiary/aromatic N) is 5. The van der Waals surface area contributed by atoms with Gasteiger partial charge in [-0.2, -0.15) is 4.98 Å². The minimum absolute atomic E-state index is 0.0731. The summed E-state index contributed by atoms with van der Waals surface area (Å²) in [5.41, 5.74) is 1.70. The topological polar surface area (TPSA) is 61.8 Å². The third-order valence-corrected chi connectivity index (χ3v) is 6.23. The van der Waals surface area contributed by atoms with Gasteiger partial charge in [0.15, 0.2) is 0 Å². The van der Waals surface area contributed by atoms with E-state index in [0.717, 1.165) is 62.2 Å². The van der Waals surface area contributed by atoms with Crippen molar-refractivity contribution in [2.24, 2.45) is 0 Å². The molecule has 0 spiro atoms. The van der Waals surface area contributed by atoms with Crippen molar-refractivity contribution in [1.82, 2.24) is 14.9 Å². The number of aromatic nitrogens is 2. The van der Waals surface area contributed by atoms with Crippen LogP contribution in [0.1, 0.15) is 55.1 Å². The maximum Gasteiger partial charge on any atom is 0.253 e. The Labute approximate surface area is 191 Å². The van der Waals surface area contributed by atoms with Gasteiger partial charge in [0.1, 0.15) is 11.6 Å². The smallest absolute Gasteiger partial charge is 0.253 e. The normalized spacial score (nSPS) is 16.9. The molecule has 0 atom stereocenters. The number of piperazine rings is 1. The van der Waals surface area contributed by atoms with Gasteiger partial charge in [-0.1, -0.05) is 13.3 Å². The summed E-state index contributed by atoms with van der Waals surface area (Å²) in [5.74, 6) is 2.71. The van der Waals surface area contributed by atoms with Crippen LogP contribution in [-0.2, 0) is 0 Å². The number of aryl methyl sites for hydroxylation is 1. The minimum Gasteiger partial charge on any atom is -0.494 e. The van der Waals surface area contributed by atoms with E-state index >= 15 is 0 Å². The summed E-state index contributed by atoms with van der Waals surface area (Å²) in [5, 5.41) is 0. The summed E-state index contributed by atoms with van der Waals surface area (Å²) in [7, 11) is 0. The van der Waals surface area contributed by atoms with Crippen molar-refractivity contribution >= 4 is 17.7 Å². The Morgan fingerprint density at radius 3 is 2.34 bits per heavy atom. The first kappa shape index (κ1) is 22.4. The van der Waals surface area contributed by atoms with Crippen molar-refractivity contribution in [1.29, 1.82) is 0 Å². The molecule has 2 aromatic rings. The number of rotatable bonds is 7. The van der Waals surface area contributed by atoms with Crippen LogP contribution in [0.3, 0.4) is 0 Å². The van der Waals surface area contributed by atoms with E-state index in [2.05, 4.69) is 22.8 Å². The van der Waals surface area contributed by atoms with Gasteiger partial charge in [-0.15, -0.1) is 0 Å². The molecule has 0 N–H and O–H groups in total. The molecule has 7 heteroatoms. The number of benzene rings is 1. The van der Waals surface area contributed by atoms with Gasteiger partial charge in [-0.05, 0) is 56.9 Å². The molecule has 0 bridgehead atoms. The number of unbranched alkanes of at least 4 members (excludes halogenated alkanes) is 1. The second-order valence-corrected chi connectivity index (χ2v) is 8.72. The maximum absolute atomic E-state index is 13.0. The maximum atomic E-state index is 13.0. The fourth-order valence-electron chi connectivity index (χ4n) is 4.28. The van der Waals surface area contributed by atoms with Gasteiger partial charge in [-0.3, -0.25) is 4.79 Å². The second-order valence-electron chi connectivity index (χ2n) is 8.72. The van der Waals surface area contributed by atoms with E-state index in [1.165, 1.54) is 19.3 Å². The van der Waals surface area contributed by atoms with Gasteiger partial charge >= 0.3 is 0 Å². The highest BCUT2D eigenvalue weighted by Gasteiger charge is 2.24. The van der Waals surface area contributed by atoms with Crippen molar-refractivity contribution in [2.75, 3.05) is 55.7 Å². The molecule has 0 saturated carbocycles.